The Morgan fingerprint density at radius 3 is 2.84 bits per heavy atom. The molecule has 2 atom stereocenters. The Labute approximate surface area is 112 Å². The van der Waals surface area contributed by atoms with Gasteiger partial charge in [0.1, 0.15) is 11.3 Å². The van der Waals surface area contributed by atoms with Crippen LogP contribution in [0.4, 0.5) is 4.79 Å². The Kier molecular flexibility index (Phi) is 3.75. The highest BCUT2D eigenvalue weighted by atomic mass is 16.6. The summed E-state index contributed by atoms with van der Waals surface area (Å²) in [6, 6.07) is 0.399. The first kappa shape index (κ1) is 13.8. The number of nitrogens with two attached hydrogens (primary N) is 1. The summed E-state index contributed by atoms with van der Waals surface area (Å²) in [5.41, 5.74) is 6.08. The summed E-state index contributed by atoms with van der Waals surface area (Å²) in [6.45, 7) is 5.76. The minimum absolute atomic E-state index is 0.161. The maximum Gasteiger partial charge on any atom is 0.407 e. The maximum absolute atomic E-state index is 11.5. The first-order chi connectivity index (χ1) is 8.85. The van der Waals surface area contributed by atoms with Crippen LogP contribution in [0.5, 0.6) is 0 Å². The molecule has 1 saturated carbocycles. The molecule has 1 heterocycles. The minimum atomic E-state index is -0.500. The number of aromatic nitrogens is 3. The molecule has 1 aliphatic carbocycles. The van der Waals surface area contributed by atoms with E-state index < -0.39 is 11.7 Å². The fraction of sp³-hybridized carbons (Fsp3) is 0.750. The van der Waals surface area contributed by atoms with Gasteiger partial charge in [0.05, 0.1) is 18.8 Å². The highest BCUT2D eigenvalue weighted by molar-refractivity contribution is 5.67. The first-order valence-corrected chi connectivity index (χ1v) is 6.48. The molecule has 106 valence electrons. The predicted octanol–water partition coefficient (Wildman–Crippen LogP) is 0.965. The third-order valence-corrected chi connectivity index (χ3v) is 3.00. The molecule has 7 nitrogen and oxygen atoms in total. The molecule has 1 aliphatic rings. The number of nitrogens with zero attached hydrogens (tertiary/aromatic N) is 3. The average Bonchev–Trinajstić information content (AvgIpc) is 2.70. The van der Waals surface area contributed by atoms with Crippen molar-refractivity contribution in [1.29, 1.82) is 0 Å². The zero-order valence-corrected chi connectivity index (χ0v) is 11.6. The molecular weight excluding hydrogens is 246 g/mol. The van der Waals surface area contributed by atoms with Gasteiger partial charge in [-0.2, -0.15) is 0 Å². The summed E-state index contributed by atoms with van der Waals surface area (Å²) >= 11 is 0. The smallest absolute Gasteiger partial charge is 0.407 e. The van der Waals surface area contributed by atoms with Gasteiger partial charge in [0.2, 0.25) is 0 Å². The van der Waals surface area contributed by atoms with Gasteiger partial charge >= 0.3 is 6.09 Å². The van der Waals surface area contributed by atoms with Crippen molar-refractivity contribution >= 4 is 6.09 Å². The van der Waals surface area contributed by atoms with Crippen molar-refractivity contribution in [2.75, 3.05) is 0 Å². The van der Waals surface area contributed by atoms with Crippen molar-refractivity contribution < 1.29 is 9.53 Å². The average molecular weight is 267 g/mol. The Balaban J connectivity index is 1.82. The van der Waals surface area contributed by atoms with E-state index in [2.05, 4.69) is 15.6 Å². The van der Waals surface area contributed by atoms with E-state index in [-0.39, 0.29) is 12.1 Å². The summed E-state index contributed by atoms with van der Waals surface area (Å²) in [5.74, 6) is 0. The molecule has 2 unspecified atom stereocenters. The lowest BCUT2D eigenvalue weighted by Gasteiger charge is -2.32. The molecule has 0 aliphatic heterocycles. The lowest BCUT2D eigenvalue weighted by atomic mass is 9.87. The van der Waals surface area contributed by atoms with Crippen LogP contribution in [0.3, 0.4) is 0 Å². The number of amides is 1. The van der Waals surface area contributed by atoms with Crippen molar-refractivity contribution in [3.63, 3.8) is 0 Å². The van der Waals surface area contributed by atoms with Crippen LogP contribution in [0.1, 0.15) is 45.3 Å². The number of hydrogen-bond donors (Lipinski definition) is 2. The zero-order valence-electron chi connectivity index (χ0n) is 11.6. The molecule has 1 fully saturated rings. The molecule has 7 heteroatoms. The molecule has 1 aromatic heterocycles. The summed E-state index contributed by atoms with van der Waals surface area (Å²) < 4.78 is 6.92. The third kappa shape index (κ3) is 3.66. The van der Waals surface area contributed by atoms with E-state index in [0.717, 1.165) is 12.8 Å². The van der Waals surface area contributed by atoms with Crippen LogP contribution in [0.25, 0.3) is 0 Å². The molecule has 0 saturated heterocycles. The summed E-state index contributed by atoms with van der Waals surface area (Å²) in [6.07, 6.45) is 3.42. The number of hydrogen-bond acceptors (Lipinski definition) is 5. The van der Waals surface area contributed by atoms with Gasteiger partial charge in [-0.1, -0.05) is 5.21 Å². The van der Waals surface area contributed by atoms with Crippen molar-refractivity contribution in [2.45, 2.75) is 57.8 Å². The number of nitrogens with one attached hydrogen (secondary N) is 1. The van der Waals surface area contributed by atoms with E-state index in [4.69, 9.17) is 10.5 Å². The van der Waals surface area contributed by atoms with Crippen LogP contribution in [-0.2, 0) is 11.3 Å². The van der Waals surface area contributed by atoms with Crippen LogP contribution >= 0.6 is 0 Å². The number of carbonyl (C=O) groups excluding carboxylic acids is 1. The lowest BCUT2D eigenvalue weighted by molar-refractivity contribution is 0.0523. The Morgan fingerprint density at radius 1 is 1.58 bits per heavy atom. The zero-order chi connectivity index (χ0) is 14.0. The molecular formula is C12H21N5O2. The van der Waals surface area contributed by atoms with Crippen molar-refractivity contribution in [3.05, 3.63) is 11.9 Å². The molecule has 2 rings (SSSR count). The van der Waals surface area contributed by atoms with Gasteiger partial charge in [0, 0.05) is 6.04 Å². The van der Waals surface area contributed by atoms with E-state index in [1.807, 2.05) is 27.0 Å². The highest BCUT2D eigenvalue weighted by Gasteiger charge is 2.30. The molecule has 0 spiro atoms. The van der Waals surface area contributed by atoms with Gasteiger partial charge in [0.25, 0.3) is 0 Å². The normalized spacial score (nSPS) is 22.7. The number of carbonyl (C=O) groups is 1. The van der Waals surface area contributed by atoms with Crippen molar-refractivity contribution in [3.8, 4) is 0 Å². The third-order valence-electron chi connectivity index (χ3n) is 3.00. The summed E-state index contributed by atoms with van der Waals surface area (Å²) in [7, 11) is 0. The monoisotopic (exact) mass is 267 g/mol. The number of rotatable bonds is 3. The molecule has 1 aromatic rings. The van der Waals surface area contributed by atoms with Crippen molar-refractivity contribution in [2.24, 2.45) is 5.73 Å². The van der Waals surface area contributed by atoms with Gasteiger partial charge in [-0.3, -0.25) is 0 Å². The van der Waals surface area contributed by atoms with Gasteiger partial charge in [0.15, 0.2) is 0 Å². The summed E-state index contributed by atoms with van der Waals surface area (Å²) in [5, 5.41) is 10.7. The quantitative estimate of drug-likeness (QED) is 0.850. The molecule has 0 aromatic carbocycles. The van der Waals surface area contributed by atoms with Gasteiger partial charge in [-0.05, 0) is 33.6 Å². The van der Waals surface area contributed by atoms with Crippen LogP contribution < -0.4 is 11.1 Å². The number of ether oxygens (including phenoxy) is 1. The molecule has 0 bridgehead atoms. The minimum Gasteiger partial charge on any atom is -0.444 e. The maximum atomic E-state index is 11.5. The fourth-order valence-corrected chi connectivity index (χ4v) is 1.87. The topological polar surface area (TPSA) is 95.1 Å². The first-order valence-electron chi connectivity index (χ1n) is 6.48. The van der Waals surface area contributed by atoms with E-state index >= 15 is 0 Å². The van der Waals surface area contributed by atoms with E-state index in [0.29, 0.717) is 12.2 Å². The Hall–Kier alpha value is -1.63. The second-order valence-electron chi connectivity index (χ2n) is 5.85. The summed E-state index contributed by atoms with van der Waals surface area (Å²) in [4.78, 5) is 11.5. The van der Waals surface area contributed by atoms with Gasteiger partial charge in [-0.25, -0.2) is 9.48 Å². The van der Waals surface area contributed by atoms with Crippen molar-refractivity contribution in [1.82, 2.24) is 20.3 Å². The second-order valence-corrected chi connectivity index (χ2v) is 5.85. The number of alkyl carbamates (subject to hydrolysis) is 1. The standard InChI is InChI=1S/C12H21N5O2/c1-12(2,3)19-11(18)14-6-8-7-17(16-15-8)10-5-4-9(10)13/h7,9-10H,4-6,13H2,1-3H3,(H,14,18). The Morgan fingerprint density at radius 2 is 2.32 bits per heavy atom. The Bertz CT molecular complexity index is 451. The van der Waals surface area contributed by atoms with Gasteiger partial charge in [-0.15, -0.1) is 5.10 Å². The molecule has 3 N–H and O–H groups in total. The van der Waals surface area contributed by atoms with Crippen LogP contribution in [-0.4, -0.2) is 32.7 Å². The molecule has 19 heavy (non-hydrogen) atoms. The van der Waals surface area contributed by atoms with Gasteiger partial charge < -0.3 is 15.8 Å². The van der Waals surface area contributed by atoms with E-state index in [9.17, 15) is 4.79 Å². The van der Waals surface area contributed by atoms with Crippen LogP contribution in [0.15, 0.2) is 6.20 Å². The van der Waals surface area contributed by atoms with E-state index in [1.165, 1.54) is 0 Å². The molecule has 0 radical (unpaired) electrons. The van der Waals surface area contributed by atoms with Crippen LogP contribution in [0, 0.1) is 0 Å². The van der Waals surface area contributed by atoms with E-state index in [1.54, 1.807) is 4.68 Å². The SMILES string of the molecule is CC(C)(C)OC(=O)NCc1cn(C2CCC2N)nn1. The largest absolute Gasteiger partial charge is 0.444 e. The highest BCUT2D eigenvalue weighted by Crippen LogP contribution is 2.29. The predicted molar refractivity (Wildman–Crippen MR) is 69.3 cm³/mol. The second kappa shape index (κ2) is 5.16. The molecule has 1 amide bonds. The van der Waals surface area contributed by atoms with Crippen LogP contribution in [0.2, 0.25) is 0 Å². The lowest BCUT2D eigenvalue weighted by Crippen LogP contribution is -2.41. The fourth-order valence-electron chi connectivity index (χ4n) is 1.87.